The first-order valence-corrected chi connectivity index (χ1v) is 5.70. The Kier molecular flexibility index (Phi) is 3.36. The summed E-state index contributed by atoms with van der Waals surface area (Å²) in [5.41, 5.74) is -0.0766. The van der Waals surface area contributed by atoms with E-state index in [1.165, 1.54) is 19.0 Å². The van der Waals surface area contributed by atoms with Gasteiger partial charge in [0, 0.05) is 13.1 Å². The van der Waals surface area contributed by atoms with Crippen molar-refractivity contribution in [2.45, 2.75) is 19.8 Å². The average molecular weight is 237 g/mol. The monoisotopic (exact) mass is 237 g/mol. The van der Waals surface area contributed by atoms with Crippen molar-refractivity contribution in [3.8, 4) is 0 Å². The van der Waals surface area contributed by atoms with Crippen LogP contribution in [-0.2, 0) is 0 Å². The Labute approximate surface area is 98.8 Å². The number of nitrogens with zero attached hydrogens (tertiary/aromatic N) is 3. The normalized spacial score (nSPS) is 14.4. The van der Waals surface area contributed by atoms with Gasteiger partial charge in [0.1, 0.15) is 6.20 Å². The number of hydrogen-bond acceptors (Lipinski definition) is 6. The molecule has 0 aromatic carbocycles. The highest BCUT2D eigenvalue weighted by atomic mass is 16.6. The fourth-order valence-corrected chi connectivity index (χ4v) is 1.45. The van der Waals surface area contributed by atoms with E-state index in [4.69, 9.17) is 0 Å². The van der Waals surface area contributed by atoms with Gasteiger partial charge in [0.15, 0.2) is 0 Å². The predicted molar refractivity (Wildman–Crippen MR) is 64.1 cm³/mol. The van der Waals surface area contributed by atoms with Gasteiger partial charge < -0.3 is 10.6 Å². The molecule has 0 spiro atoms. The Morgan fingerprint density at radius 3 is 2.88 bits per heavy atom. The molecule has 0 atom stereocenters. The Hall–Kier alpha value is -1.92. The quantitative estimate of drug-likeness (QED) is 0.577. The summed E-state index contributed by atoms with van der Waals surface area (Å²) in [5.74, 6) is 1.34. The van der Waals surface area contributed by atoms with E-state index < -0.39 is 4.92 Å². The molecule has 1 aromatic rings. The van der Waals surface area contributed by atoms with Gasteiger partial charge in [0.05, 0.1) is 4.92 Å². The van der Waals surface area contributed by atoms with Crippen LogP contribution in [0.2, 0.25) is 0 Å². The maximum absolute atomic E-state index is 10.8. The van der Waals surface area contributed by atoms with Crippen LogP contribution in [0, 0.1) is 16.0 Å². The van der Waals surface area contributed by atoms with E-state index in [0.717, 1.165) is 6.54 Å². The molecule has 1 fully saturated rings. The Morgan fingerprint density at radius 2 is 2.29 bits per heavy atom. The summed E-state index contributed by atoms with van der Waals surface area (Å²) in [6, 6.07) is 0. The molecule has 1 heterocycles. The molecule has 92 valence electrons. The highest BCUT2D eigenvalue weighted by Gasteiger charge is 2.23. The van der Waals surface area contributed by atoms with Crippen LogP contribution in [0.4, 0.5) is 17.5 Å². The topological polar surface area (TPSA) is 93.0 Å². The molecular weight excluding hydrogens is 222 g/mol. The number of anilines is 2. The Bertz CT molecular complexity index is 419. The van der Waals surface area contributed by atoms with Crippen molar-refractivity contribution in [2.24, 2.45) is 5.92 Å². The lowest BCUT2D eigenvalue weighted by atomic mass is 10.4. The number of rotatable bonds is 6. The maximum Gasteiger partial charge on any atom is 0.329 e. The minimum absolute atomic E-state index is 0.0766. The molecule has 7 heteroatoms. The number of hydrogen-bond donors (Lipinski definition) is 2. The smallest absolute Gasteiger partial charge is 0.329 e. The molecular formula is C10H15N5O2. The lowest BCUT2D eigenvalue weighted by molar-refractivity contribution is -0.384. The summed E-state index contributed by atoms with van der Waals surface area (Å²) in [6.45, 7) is 3.34. The number of nitrogens with one attached hydrogen (secondary N) is 2. The van der Waals surface area contributed by atoms with E-state index in [1.807, 2.05) is 6.92 Å². The molecule has 1 aliphatic rings. The van der Waals surface area contributed by atoms with Gasteiger partial charge in [-0.2, -0.15) is 4.98 Å². The fourth-order valence-electron chi connectivity index (χ4n) is 1.45. The predicted octanol–water partition coefficient (Wildman–Crippen LogP) is 1.64. The van der Waals surface area contributed by atoms with Crippen LogP contribution in [0.5, 0.6) is 0 Å². The summed E-state index contributed by atoms with van der Waals surface area (Å²) in [7, 11) is 0. The second kappa shape index (κ2) is 4.94. The summed E-state index contributed by atoms with van der Waals surface area (Å²) in [6.07, 6.45) is 3.61. The van der Waals surface area contributed by atoms with Crippen LogP contribution in [0.1, 0.15) is 19.8 Å². The summed E-state index contributed by atoms with van der Waals surface area (Å²) >= 11 is 0. The molecule has 0 bridgehead atoms. The first-order chi connectivity index (χ1) is 8.20. The zero-order chi connectivity index (χ0) is 12.3. The van der Waals surface area contributed by atoms with Crippen molar-refractivity contribution in [1.82, 2.24) is 9.97 Å². The van der Waals surface area contributed by atoms with Gasteiger partial charge in [-0.25, -0.2) is 4.98 Å². The fraction of sp³-hybridized carbons (Fsp3) is 0.600. The van der Waals surface area contributed by atoms with E-state index in [2.05, 4.69) is 20.6 Å². The van der Waals surface area contributed by atoms with Crippen molar-refractivity contribution in [3.63, 3.8) is 0 Å². The van der Waals surface area contributed by atoms with Gasteiger partial charge in [-0.1, -0.05) is 0 Å². The van der Waals surface area contributed by atoms with Crippen molar-refractivity contribution in [2.75, 3.05) is 23.7 Å². The van der Waals surface area contributed by atoms with Crippen molar-refractivity contribution in [3.05, 3.63) is 16.3 Å². The van der Waals surface area contributed by atoms with E-state index >= 15 is 0 Å². The van der Waals surface area contributed by atoms with Crippen LogP contribution >= 0.6 is 0 Å². The largest absolute Gasteiger partial charge is 0.364 e. The number of nitro groups is 1. The van der Waals surface area contributed by atoms with Crippen molar-refractivity contribution >= 4 is 17.5 Å². The molecule has 2 N–H and O–H groups in total. The van der Waals surface area contributed by atoms with Crippen molar-refractivity contribution in [1.29, 1.82) is 0 Å². The minimum Gasteiger partial charge on any atom is -0.364 e. The molecule has 1 saturated carbocycles. The van der Waals surface area contributed by atoms with Crippen LogP contribution in [0.15, 0.2) is 6.20 Å². The zero-order valence-corrected chi connectivity index (χ0v) is 9.64. The summed E-state index contributed by atoms with van der Waals surface area (Å²) in [5, 5.41) is 16.8. The Balaban J connectivity index is 2.15. The van der Waals surface area contributed by atoms with E-state index in [9.17, 15) is 10.1 Å². The summed E-state index contributed by atoms with van der Waals surface area (Å²) < 4.78 is 0. The van der Waals surface area contributed by atoms with E-state index in [-0.39, 0.29) is 5.69 Å². The van der Waals surface area contributed by atoms with Gasteiger partial charge in [-0.15, -0.1) is 0 Å². The van der Waals surface area contributed by atoms with E-state index in [0.29, 0.717) is 24.2 Å². The first-order valence-electron chi connectivity index (χ1n) is 5.70. The van der Waals surface area contributed by atoms with Crippen LogP contribution in [-0.4, -0.2) is 28.0 Å². The van der Waals surface area contributed by atoms with Crippen LogP contribution < -0.4 is 10.6 Å². The zero-order valence-electron chi connectivity index (χ0n) is 9.64. The molecule has 0 unspecified atom stereocenters. The Morgan fingerprint density at radius 1 is 1.53 bits per heavy atom. The molecule has 0 saturated heterocycles. The average Bonchev–Trinajstić information content (AvgIpc) is 3.10. The first kappa shape index (κ1) is 11.6. The van der Waals surface area contributed by atoms with Crippen LogP contribution in [0.25, 0.3) is 0 Å². The van der Waals surface area contributed by atoms with Gasteiger partial charge in [0.2, 0.25) is 11.8 Å². The third-order valence-corrected chi connectivity index (χ3v) is 2.56. The molecule has 1 aliphatic carbocycles. The van der Waals surface area contributed by atoms with E-state index in [1.54, 1.807) is 0 Å². The molecule has 7 nitrogen and oxygen atoms in total. The standard InChI is InChI=1S/C10H15N5O2/c1-2-11-10-13-6-8(15(16)17)9(14-10)12-5-7-3-4-7/h6-7H,2-5H2,1H3,(H2,11,12,13,14). The lowest BCUT2D eigenvalue weighted by Gasteiger charge is -2.07. The van der Waals surface area contributed by atoms with Gasteiger partial charge in [-0.3, -0.25) is 10.1 Å². The highest BCUT2D eigenvalue weighted by molar-refractivity contribution is 5.57. The minimum atomic E-state index is -0.467. The third kappa shape index (κ3) is 3.02. The summed E-state index contributed by atoms with van der Waals surface area (Å²) in [4.78, 5) is 18.3. The van der Waals surface area contributed by atoms with Crippen molar-refractivity contribution < 1.29 is 4.92 Å². The van der Waals surface area contributed by atoms with Gasteiger partial charge >= 0.3 is 5.69 Å². The molecule has 0 radical (unpaired) electrons. The van der Waals surface area contributed by atoms with Crippen LogP contribution in [0.3, 0.4) is 0 Å². The lowest BCUT2D eigenvalue weighted by Crippen LogP contribution is -2.10. The molecule has 17 heavy (non-hydrogen) atoms. The molecule has 0 aliphatic heterocycles. The SMILES string of the molecule is CCNc1ncc([N+](=O)[O-])c(NCC2CC2)n1. The maximum atomic E-state index is 10.8. The molecule has 0 amide bonds. The second-order valence-corrected chi connectivity index (χ2v) is 4.04. The second-order valence-electron chi connectivity index (χ2n) is 4.04. The third-order valence-electron chi connectivity index (χ3n) is 2.56. The molecule has 2 rings (SSSR count). The molecule has 1 aromatic heterocycles. The van der Waals surface area contributed by atoms with Gasteiger partial charge in [0.25, 0.3) is 0 Å². The van der Waals surface area contributed by atoms with Gasteiger partial charge in [-0.05, 0) is 25.7 Å². The highest BCUT2D eigenvalue weighted by Crippen LogP contribution is 2.30. The number of aromatic nitrogens is 2.